The monoisotopic (exact) mass is 277 g/mol. The number of halogens is 2. The van der Waals surface area contributed by atoms with Crippen LogP contribution in [0.4, 0.5) is 4.39 Å². The smallest absolute Gasteiger partial charge is 0.129 e. The summed E-state index contributed by atoms with van der Waals surface area (Å²) in [5, 5.41) is 3.83. The molecule has 2 aromatic rings. The molecule has 0 amide bonds. The minimum Gasteiger partial charge on any atom is -0.306 e. The van der Waals surface area contributed by atoms with Gasteiger partial charge < -0.3 is 5.32 Å². The summed E-state index contributed by atoms with van der Waals surface area (Å²) in [5.74, 6) is -0.261. The normalized spacial score (nSPS) is 12.4. The maximum atomic E-state index is 13.7. The standard InChI is InChI=1S/C16H17ClFN/c1-2-16(12-7-4-3-5-8-12)19-11-13-14(17)9-6-10-15(13)18/h3-10,16,19H,2,11H2,1H3. The first kappa shape index (κ1) is 14.0. The summed E-state index contributed by atoms with van der Waals surface area (Å²) in [4.78, 5) is 0. The van der Waals surface area contributed by atoms with Gasteiger partial charge in [-0.1, -0.05) is 54.9 Å². The van der Waals surface area contributed by atoms with E-state index in [1.54, 1.807) is 12.1 Å². The lowest BCUT2D eigenvalue weighted by atomic mass is 10.0. The van der Waals surface area contributed by atoms with Gasteiger partial charge in [0.15, 0.2) is 0 Å². The van der Waals surface area contributed by atoms with Crippen LogP contribution in [0.15, 0.2) is 48.5 Å². The minimum atomic E-state index is -0.261. The number of benzene rings is 2. The Morgan fingerprint density at radius 1 is 1.11 bits per heavy atom. The average Bonchev–Trinajstić information content (AvgIpc) is 2.43. The van der Waals surface area contributed by atoms with E-state index in [0.717, 1.165) is 6.42 Å². The van der Waals surface area contributed by atoms with E-state index in [-0.39, 0.29) is 11.9 Å². The molecule has 2 rings (SSSR count). The number of nitrogens with one attached hydrogen (secondary N) is 1. The van der Waals surface area contributed by atoms with E-state index in [1.807, 2.05) is 18.2 Å². The highest BCUT2D eigenvalue weighted by Gasteiger charge is 2.11. The third kappa shape index (κ3) is 3.55. The van der Waals surface area contributed by atoms with Crippen molar-refractivity contribution >= 4 is 11.6 Å². The fourth-order valence-corrected chi connectivity index (χ4v) is 2.34. The Morgan fingerprint density at radius 3 is 2.47 bits per heavy atom. The highest BCUT2D eigenvalue weighted by atomic mass is 35.5. The lowest BCUT2D eigenvalue weighted by Crippen LogP contribution is -2.21. The van der Waals surface area contributed by atoms with Crippen molar-refractivity contribution in [3.63, 3.8) is 0 Å². The Morgan fingerprint density at radius 2 is 1.84 bits per heavy atom. The molecular formula is C16H17ClFN. The summed E-state index contributed by atoms with van der Waals surface area (Å²) in [5.41, 5.74) is 1.73. The van der Waals surface area contributed by atoms with Crippen LogP contribution < -0.4 is 5.32 Å². The molecule has 0 radical (unpaired) electrons. The summed E-state index contributed by atoms with van der Waals surface area (Å²) < 4.78 is 13.7. The van der Waals surface area contributed by atoms with Crippen LogP contribution in [0.2, 0.25) is 5.02 Å². The van der Waals surface area contributed by atoms with E-state index in [9.17, 15) is 4.39 Å². The molecule has 0 aliphatic heterocycles. The first-order valence-electron chi connectivity index (χ1n) is 6.43. The molecule has 0 heterocycles. The second-order valence-corrected chi connectivity index (χ2v) is 4.86. The van der Waals surface area contributed by atoms with Gasteiger partial charge in [0.25, 0.3) is 0 Å². The Balaban J connectivity index is 2.09. The van der Waals surface area contributed by atoms with Gasteiger partial charge in [-0.25, -0.2) is 4.39 Å². The van der Waals surface area contributed by atoms with Crippen molar-refractivity contribution < 1.29 is 4.39 Å². The molecule has 1 nitrogen and oxygen atoms in total. The van der Waals surface area contributed by atoms with Gasteiger partial charge in [-0.2, -0.15) is 0 Å². The van der Waals surface area contributed by atoms with Gasteiger partial charge in [0.05, 0.1) is 0 Å². The predicted molar refractivity (Wildman–Crippen MR) is 77.7 cm³/mol. The molecule has 2 aromatic carbocycles. The van der Waals surface area contributed by atoms with Gasteiger partial charge >= 0.3 is 0 Å². The van der Waals surface area contributed by atoms with Crippen LogP contribution in [0.1, 0.15) is 30.5 Å². The minimum absolute atomic E-state index is 0.205. The number of rotatable bonds is 5. The molecule has 0 saturated carbocycles. The molecular weight excluding hydrogens is 261 g/mol. The van der Waals surface area contributed by atoms with Crippen molar-refractivity contribution in [3.8, 4) is 0 Å². The highest BCUT2D eigenvalue weighted by Crippen LogP contribution is 2.21. The van der Waals surface area contributed by atoms with Crippen molar-refractivity contribution in [3.05, 3.63) is 70.5 Å². The fourth-order valence-electron chi connectivity index (χ4n) is 2.11. The van der Waals surface area contributed by atoms with E-state index in [1.165, 1.54) is 11.6 Å². The van der Waals surface area contributed by atoms with E-state index in [4.69, 9.17) is 11.6 Å². The Bertz CT molecular complexity index is 507. The second-order valence-electron chi connectivity index (χ2n) is 4.45. The van der Waals surface area contributed by atoms with Gasteiger partial charge in [-0.3, -0.25) is 0 Å². The Labute approximate surface area is 118 Å². The van der Waals surface area contributed by atoms with Crippen molar-refractivity contribution in [1.82, 2.24) is 5.32 Å². The maximum Gasteiger partial charge on any atom is 0.129 e. The molecule has 0 spiro atoms. The summed E-state index contributed by atoms with van der Waals surface area (Å²) in [6.45, 7) is 2.53. The van der Waals surface area contributed by atoms with Crippen molar-refractivity contribution in [2.45, 2.75) is 25.9 Å². The summed E-state index contributed by atoms with van der Waals surface area (Å²) in [6, 6.07) is 15.1. The second kappa shape index (κ2) is 6.69. The van der Waals surface area contributed by atoms with E-state index >= 15 is 0 Å². The van der Waals surface area contributed by atoms with Gasteiger partial charge in [-0.05, 0) is 24.1 Å². The molecule has 0 aromatic heterocycles. The summed E-state index contributed by atoms with van der Waals surface area (Å²) >= 11 is 6.02. The van der Waals surface area contributed by atoms with E-state index < -0.39 is 0 Å². The van der Waals surface area contributed by atoms with Gasteiger partial charge in [-0.15, -0.1) is 0 Å². The van der Waals surface area contributed by atoms with Gasteiger partial charge in [0.2, 0.25) is 0 Å². The maximum absolute atomic E-state index is 13.7. The van der Waals surface area contributed by atoms with Crippen LogP contribution in [0, 0.1) is 5.82 Å². The molecule has 0 saturated heterocycles. The Hall–Kier alpha value is -1.38. The molecule has 0 bridgehead atoms. The topological polar surface area (TPSA) is 12.0 Å². The SMILES string of the molecule is CCC(NCc1c(F)cccc1Cl)c1ccccc1. The average molecular weight is 278 g/mol. The lowest BCUT2D eigenvalue weighted by Gasteiger charge is -2.18. The predicted octanol–water partition coefficient (Wildman–Crippen LogP) is 4.72. The highest BCUT2D eigenvalue weighted by molar-refractivity contribution is 6.31. The zero-order chi connectivity index (χ0) is 13.7. The van der Waals surface area contributed by atoms with Crippen LogP contribution in [-0.4, -0.2) is 0 Å². The summed E-state index contributed by atoms with van der Waals surface area (Å²) in [6.07, 6.45) is 0.941. The Kier molecular flexibility index (Phi) is 4.94. The lowest BCUT2D eigenvalue weighted by molar-refractivity contribution is 0.504. The van der Waals surface area contributed by atoms with Gasteiger partial charge in [0.1, 0.15) is 5.82 Å². The molecule has 0 fully saturated rings. The molecule has 1 atom stereocenters. The van der Waals surface area contributed by atoms with Crippen LogP contribution in [0.3, 0.4) is 0 Å². The van der Waals surface area contributed by atoms with Crippen molar-refractivity contribution in [2.24, 2.45) is 0 Å². The fraction of sp³-hybridized carbons (Fsp3) is 0.250. The van der Waals surface area contributed by atoms with Crippen LogP contribution in [0.25, 0.3) is 0 Å². The van der Waals surface area contributed by atoms with E-state index in [0.29, 0.717) is 17.1 Å². The molecule has 0 aliphatic rings. The molecule has 1 N–H and O–H groups in total. The molecule has 100 valence electrons. The first-order valence-corrected chi connectivity index (χ1v) is 6.81. The third-order valence-electron chi connectivity index (χ3n) is 3.20. The van der Waals surface area contributed by atoms with E-state index in [2.05, 4.69) is 24.4 Å². The molecule has 3 heteroatoms. The quantitative estimate of drug-likeness (QED) is 0.834. The summed E-state index contributed by atoms with van der Waals surface area (Å²) in [7, 11) is 0. The van der Waals surface area contributed by atoms with Crippen LogP contribution >= 0.6 is 11.6 Å². The zero-order valence-corrected chi connectivity index (χ0v) is 11.6. The third-order valence-corrected chi connectivity index (χ3v) is 3.55. The first-order chi connectivity index (χ1) is 9.22. The largest absolute Gasteiger partial charge is 0.306 e. The van der Waals surface area contributed by atoms with Crippen molar-refractivity contribution in [1.29, 1.82) is 0 Å². The molecule has 0 aliphatic carbocycles. The van der Waals surface area contributed by atoms with Gasteiger partial charge in [0, 0.05) is 23.2 Å². The number of hydrogen-bond donors (Lipinski definition) is 1. The van der Waals surface area contributed by atoms with Crippen LogP contribution in [0.5, 0.6) is 0 Å². The molecule has 1 unspecified atom stereocenters. The van der Waals surface area contributed by atoms with Crippen molar-refractivity contribution in [2.75, 3.05) is 0 Å². The van der Waals surface area contributed by atoms with Crippen LogP contribution in [-0.2, 0) is 6.54 Å². The molecule has 19 heavy (non-hydrogen) atoms. The number of hydrogen-bond acceptors (Lipinski definition) is 1. The zero-order valence-electron chi connectivity index (χ0n) is 10.9.